The van der Waals surface area contributed by atoms with Crippen molar-refractivity contribution in [2.45, 2.75) is 17.5 Å². The molecule has 0 saturated heterocycles. The van der Waals surface area contributed by atoms with E-state index in [9.17, 15) is 0 Å². The number of nitrogens with zero attached hydrogens (tertiary/aromatic N) is 3. The van der Waals surface area contributed by atoms with Crippen LogP contribution in [0.2, 0.25) is 0 Å². The van der Waals surface area contributed by atoms with E-state index in [-0.39, 0.29) is 0 Å². The number of hydrogen-bond acceptors (Lipinski definition) is 4. The Morgan fingerprint density at radius 2 is 2.06 bits per heavy atom. The van der Waals surface area contributed by atoms with Gasteiger partial charge in [0.2, 0.25) is 0 Å². The quantitative estimate of drug-likeness (QED) is 0.816. The van der Waals surface area contributed by atoms with Gasteiger partial charge in [-0.3, -0.25) is 0 Å². The number of hydrogen-bond donors (Lipinski definition) is 1. The fraction of sp³-hybridized carbons (Fsp3) is 0.273. The molecule has 0 aliphatic carbocycles. The summed E-state index contributed by atoms with van der Waals surface area (Å²) < 4.78 is 1.77. The lowest BCUT2D eigenvalue weighted by atomic mass is 10.1. The summed E-state index contributed by atoms with van der Waals surface area (Å²) in [4.78, 5) is 4.17. The van der Waals surface area contributed by atoms with Crippen molar-refractivity contribution >= 4 is 11.8 Å². The highest BCUT2D eigenvalue weighted by Gasteiger charge is 2.04. The summed E-state index contributed by atoms with van der Waals surface area (Å²) in [7, 11) is 1.89. The lowest BCUT2D eigenvalue weighted by Crippen LogP contribution is -2.00. The topological polar surface area (TPSA) is 56.7 Å². The van der Waals surface area contributed by atoms with Gasteiger partial charge in [0.15, 0.2) is 5.16 Å². The molecule has 0 spiro atoms. The largest absolute Gasteiger partial charge is 0.326 e. The minimum absolute atomic E-state index is 0.579. The molecule has 84 valence electrons. The third kappa shape index (κ3) is 2.43. The highest BCUT2D eigenvalue weighted by Crippen LogP contribution is 2.21. The fourth-order valence-electron chi connectivity index (χ4n) is 1.46. The van der Waals surface area contributed by atoms with Crippen LogP contribution in [0, 0.1) is 0 Å². The lowest BCUT2D eigenvalue weighted by molar-refractivity contribution is 0.685. The summed E-state index contributed by atoms with van der Waals surface area (Å²) in [6, 6.07) is 8.21. The second-order valence-electron chi connectivity index (χ2n) is 3.43. The molecule has 0 radical (unpaired) electrons. The molecule has 5 heteroatoms. The molecular formula is C11H14N4S. The van der Waals surface area contributed by atoms with Crippen molar-refractivity contribution in [1.82, 2.24) is 14.8 Å². The van der Waals surface area contributed by atoms with Crippen LogP contribution >= 0.6 is 11.8 Å². The smallest absolute Gasteiger partial charge is 0.186 e. The second kappa shape index (κ2) is 5.14. The van der Waals surface area contributed by atoms with Crippen LogP contribution in [0.3, 0.4) is 0 Å². The van der Waals surface area contributed by atoms with Gasteiger partial charge in [0.25, 0.3) is 0 Å². The molecule has 2 N–H and O–H groups in total. The van der Waals surface area contributed by atoms with Gasteiger partial charge in [-0.15, -0.1) is 0 Å². The Balaban J connectivity index is 2.07. The molecule has 0 aliphatic rings. The van der Waals surface area contributed by atoms with E-state index in [0.29, 0.717) is 6.54 Å². The van der Waals surface area contributed by atoms with Crippen LogP contribution in [-0.2, 0) is 19.3 Å². The zero-order valence-electron chi connectivity index (χ0n) is 9.13. The van der Waals surface area contributed by atoms with Crippen molar-refractivity contribution in [2.24, 2.45) is 12.8 Å². The van der Waals surface area contributed by atoms with Crippen molar-refractivity contribution in [3.63, 3.8) is 0 Å². The van der Waals surface area contributed by atoms with Crippen LogP contribution in [0.25, 0.3) is 0 Å². The van der Waals surface area contributed by atoms with Gasteiger partial charge >= 0.3 is 0 Å². The van der Waals surface area contributed by atoms with Gasteiger partial charge < -0.3 is 5.73 Å². The molecule has 0 atom stereocenters. The fourth-order valence-corrected chi connectivity index (χ4v) is 2.38. The van der Waals surface area contributed by atoms with E-state index >= 15 is 0 Å². The Morgan fingerprint density at radius 3 is 2.69 bits per heavy atom. The zero-order valence-corrected chi connectivity index (χ0v) is 9.94. The predicted octanol–water partition coefficient (Wildman–Crippen LogP) is 1.57. The van der Waals surface area contributed by atoms with Crippen molar-refractivity contribution in [3.05, 3.63) is 41.7 Å². The van der Waals surface area contributed by atoms with Crippen LogP contribution in [0.4, 0.5) is 0 Å². The second-order valence-corrected chi connectivity index (χ2v) is 4.37. The number of aryl methyl sites for hydroxylation is 1. The van der Waals surface area contributed by atoms with Gasteiger partial charge in [-0.25, -0.2) is 9.67 Å². The molecule has 0 fully saturated rings. The normalized spacial score (nSPS) is 10.6. The third-order valence-corrected chi connectivity index (χ3v) is 3.45. The van der Waals surface area contributed by atoms with E-state index in [1.54, 1.807) is 22.8 Å². The first-order valence-electron chi connectivity index (χ1n) is 5.05. The Morgan fingerprint density at radius 1 is 1.31 bits per heavy atom. The molecule has 2 rings (SSSR count). The molecule has 4 nitrogen and oxygen atoms in total. The Hall–Kier alpha value is -1.33. The number of thioether (sulfide) groups is 1. The van der Waals surface area contributed by atoms with Gasteiger partial charge in [-0.2, -0.15) is 5.10 Å². The molecule has 1 heterocycles. The maximum Gasteiger partial charge on any atom is 0.186 e. The highest BCUT2D eigenvalue weighted by atomic mass is 32.2. The summed E-state index contributed by atoms with van der Waals surface area (Å²) in [5.41, 5.74) is 8.14. The first kappa shape index (κ1) is 11.2. The molecule has 2 aromatic rings. The summed E-state index contributed by atoms with van der Waals surface area (Å²) in [6.45, 7) is 0.579. The monoisotopic (exact) mass is 234 g/mol. The van der Waals surface area contributed by atoms with Crippen LogP contribution < -0.4 is 5.73 Å². The van der Waals surface area contributed by atoms with Crippen molar-refractivity contribution in [2.75, 3.05) is 0 Å². The Kier molecular flexibility index (Phi) is 3.58. The molecule has 0 bridgehead atoms. The lowest BCUT2D eigenvalue weighted by Gasteiger charge is -2.06. The molecule has 1 aromatic carbocycles. The van der Waals surface area contributed by atoms with Gasteiger partial charge in [0, 0.05) is 19.3 Å². The number of nitrogens with two attached hydrogens (primary N) is 1. The third-order valence-electron chi connectivity index (χ3n) is 2.36. The van der Waals surface area contributed by atoms with Gasteiger partial charge in [-0.05, 0) is 11.1 Å². The number of rotatable bonds is 4. The molecule has 1 aromatic heterocycles. The predicted molar refractivity (Wildman–Crippen MR) is 64.9 cm³/mol. The van der Waals surface area contributed by atoms with Crippen LogP contribution in [-0.4, -0.2) is 14.8 Å². The van der Waals surface area contributed by atoms with E-state index in [2.05, 4.69) is 22.2 Å². The van der Waals surface area contributed by atoms with E-state index in [0.717, 1.165) is 10.9 Å². The van der Waals surface area contributed by atoms with E-state index in [1.165, 1.54) is 11.1 Å². The standard InChI is InChI=1S/C11H14N4S/c1-15-11(13-8-14-15)16-7-10-5-3-2-4-9(10)6-12/h2-5,8H,6-7,12H2,1H3. The Bertz CT molecular complexity index is 467. The summed E-state index contributed by atoms with van der Waals surface area (Å²) in [5.74, 6) is 0.875. The molecule has 0 saturated carbocycles. The maximum absolute atomic E-state index is 5.69. The van der Waals surface area contributed by atoms with Crippen molar-refractivity contribution in [3.8, 4) is 0 Å². The van der Waals surface area contributed by atoms with E-state index in [1.807, 2.05) is 19.2 Å². The van der Waals surface area contributed by atoms with Gasteiger partial charge in [0.05, 0.1) is 0 Å². The molecule has 16 heavy (non-hydrogen) atoms. The number of aromatic nitrogens is 3. The van der Waals surface area contributed by atoms with Crippen LogP contribution in [0.5, 0.6) is 0 Å². The number of benzene rings is 1. The average Bonchev–Trinajstić information content (AvgIpc) is 2.72. The van der Waals surface area contributed by atoms with Gasteiger partial charge in [0.1, 0.15) is 6.33 Å². The van der Waals surface area contributed by atoms with Crippen LogP contribution in [0.15, 0.2) is 35.7 Å². The SMILES string of the molecule is Cn1ncnc1SCc1ccccc1CN. The Labute approximate surface area is 98.9 Å². The minimum Gasteiger partial charge on any atom is -0.326 e. The summed E-state index contributed by atoms with van der Waals surface area (Å²) >= 11 is 1.67. The highest BCUT2D eigenvalue weighted by molar-refractivity contribution is 7.98. The molecule has 0 amide bonds. The van der Waals surface area contributed by atoms with Crippen LogP contribution in [0.1, 0.15) is 11.1 Å². The zero-order chi connectivity index (χ0) is 11.4. The first-order chi connectivity index (χ1) is 7.81. The maximum atomic E-state index is 5.69. The van der Waals surface area contributed by atoms with Crippen molar-refractivity contribution < 1.29 is 0 Å². The summed E-state index contributed by atoms with van der Waals surface area (Å²) in [6.07, 6.45) is 1.57. The first-order valence-corrected chi connectivity index (χ1v) is 6.03. The average molecular weight is 234 g/mol. The molecule has 0 unspecified atom stereocenters. The van der Waals surface area contributed by atoms with Crippen molar-refractivity contribution in [1.29, 1.82) is 0 Å². The minimum atomic E-state index is 0.579. The van der Waals surface area contributed by atoms with E-state index in [4.69, 9.17) is 5.73 Å². The summed E-state index contributed by atoms with van der Waals surface area (Å²) in [5, 5.41) is 4.95. The molecular weight excluding hydrogens is 220 g/mol. The van der Waals surface area contributed by atoms with Gasteiger partial charge in [-0.1, -0.05) is 36.0 Å². The molecule has 0 aliphatic heterocycles. The van der Waals surface area contributed by atoms with E-state index < -0.39 is 0 Å².